The lowest BCUT2D eigenvalue weighted by Crippen LogP contribution is -2.34. The number of anilines is 1. The van der Waals surface area contributed by atoms with Crippen LogP contribution in [0.4, 0.5) is 5.69 Å². The molecule has 18 heavy (non-hydrogen) atoms. The Morgan fingerprint density at radius 2 is 2.06 bits per heavy atom. The molecule has 0 radical (unpaired) electrons. The first-order valence-electron chi connectivity index (χ1n) is 5.98. The summed E-state index contributed by atoms with van der Waals surface area (Å²) in [6.45, 7) is 5.64. The molecule has 4 heteroatoms. The van der Waals surface area contributed by atoms with Crippen LogP contribution in [-0.2, 0) is 4.79 Å². The number of hydrogen-bond donors (Lipinski definition) is 1. The molecular weight excluding hydrogens is 292 g/mol. The van der Waals surface area contributed by atoms with Gasteiger partial charge in [0.15, 0.2) is 0 Å². The lowest BCUT2D eigenvalue weighted by Gasteiger charge is -2.22. The third-order valence-electron chi connectivity index (χ3n) is 3.37. The second-order valence-electron chi connectivity index (χ2n) is 4.27. The van der Waals surface area contributed by atoms with Crippen LogP contribution in [0.3, 0.4) is 0 Å². The molecule has 1 aromatic rings. The summed E-state index contributed by atoms with van der Waals surface area (Å²) in [6, 6.07) is 7.76. The standard InChI is InChI=1S/C14H17BrN2O/c1-4-14(5-2,9-16)13(18)17-12-8-6-7-11(15)10(12)3/h6-8H,4-5H2,1-3H3,(H,17,18). The van der Waals surface area contributed by atoms with Gasteiger partial charge >= 0.3 is 0 Å². The second-order valence-corrected chi connectivity index (χ2v) is 5.12. The molecule has 1 N–H and O–H groups in total. The van der Waals surface area contributed by atoms with Gasteiger partial charge in [-0.25, -0.2) is 0 Å². The molecule has 0 aliphatic heterocycles. The fourth-order valence-corrected chi connectivity index (χ4v) is 2.13. The summed E-state index contributed by atoms with van der Waals surface area (Å²) in [4.78, 5) is 12.2. The lowest BCUT2D eigenvalue weighted by molar-refractivity contribution is -0.123. The summed E-state index contributed by atoms with van der Waals surface area (Å²) in [5.74, 6) is -0.226. The number of amides is 1. The Hall–Kier alpha value is -1.34. The maximum absolute atomic E-state index is 12.2. The van der Waals surface area contributed by atoms with Crippen molar-refractivity contribution in [1.29, 1.82) is 5.26 Å². The Morgan fingerprint density at radius 3 is 2.56 bits per heavy atom. The van der Waals surface area contributed by atoms with Gasteiger partial charge in [0, 0.05) is 10.2 Å². The number of nitriles is 1. The third kappa shape index (κ3) is 2.73. The predicted octanol–water partition coefficient (Wildman–Crippen LogP) is 4.03. The van der Waals surface area contributed by atoms with E-state index in [1.165, 1.54) is 0 Å². The van der Waals surface area contributed by atoms with Crippen LogP contribution in [0.5, 0.6) is 0 Å². The molecule has 0 bridgehead atoms. The number of benzene rings is 1. The fraction of sp³-hybridized carbons (Fsp3) is 0.429. The van der Waals surface area contributed by atoms with Crippen LogP contribution in [-0.4, -0.2) is 5.91 Å². The number of nitrogens with zero attached hydrogens (tertiary/aromatic N) is 1. The van der Waals surface area contributed by atoms with Crippen molar-refractivity contribution in [3.63, 3.8) is 0 Å². The van der Waals surface area contributed by atoms with Crippen LogP contribution in [0, 0.1) is 23.7 Å². The molecule has 0 unspecified atom stereocenters. The van der Waals surface area contributed by atoms with E-state index in [4.69, 9.17) is 0 Å². The van der Waals surface area contributed by atoms with Crippen molar-refractivity contribution in [1.82, 2.24) is 0 Å². The average Bonchev–Trinajstić information content (AvgIpc) is 2.38. The van der Waals surface area contributed by atoms with Gasteiger partial charge in [0.25, 0.3) is 0 Å². The van der Waals surface area contributed by atoms with E-state index in [1.54, 1.807) is 0 Å². The van der Waals surface area contributed by atoms with Crippen molar-refractivity contribution in [2.24, 2.45) is 5.41 Å². The van der Waals surface area contributed by atoms with E-state index >= 15 is 0 Å². The summed E-state index contributed by atoms with van der Waals surface area (Å²) >= 11 is 3.42. The zero-order chi connectivity index (χ0) is 13.8. The minimum absolute atomic E-state index is 0.226. The number of halogens is 1. The minimum Gasteiger partial charge on any atom is -0.324 e. The van der Waals surface area contributed by atoms with E-state index in [9.17, 15) is 10.1 Å². The Morgan fingerprint density at radius 1 is 1.44 bits per heavy atom. The topological polar surface area (TPSA) is 52.9 Å². The monoisotopic (exact) mass is 308 g/mol. The van der Waals surface area contributed by atoms with Crippen LogP contribution >= 0.6 is 15.9 Å². The largest absolute Gasteiger partial charge is 0.324 e. The lowest BCUT2D eigenvalue weighted by atomic mass is 9.83. The zero-order valence-corrected chi connectivity index (χ0v) is 12.5. The van der Waals surface area contributed by atoms with E-state index < -0.39 is 5.41 Å². The fourth-order valence-electron chi connectivity index (χ4n) is 1.76. The van der Waals surface area contributed by atoms with Crippen molar-refractivity contribution in [3.05, 3.63) is 28.2 Å². The van der Waals surface area contributed by atoms with Crippen molar-refractivity contribution < 1.29 is 4.79 Å². The second kappa shape index (κ2) is 6.01. The molecule has 0 saturated carbocycles. The quantitative estimate of drug-likeness (QED) is 0.913. The highest BCUT2D eigenvalue weighted by molar-refractivity contribution is 9.10. The summed E-state index contributed by atoms with van der Waals surface area (Å²) in [7, 11) is 0. The van der Waals surface area contributed by atoms with Crippen molar-refractivity contribution in [2.45, 2.75) is 33.6 Å². The maximum atomic E-state index is 12.2. The SMILES string of the molecule is CCC(C#N)(CC)C(=O)Nc1cccc(Br)c1C. The normalized spacial score (nSPS) is 10.8. The molecule has 1 rings (SSSR count). The van der Waals surface area contributed by atoms with Gasteiger partial charge in [-0.2, -0.15) is 5.26 Å². The molecule has 0 atom stereocenters. The van der Waals surface area contributed by atoms with E-state index in [0.717, 1.165) is 15.7 Å². The van der Waals surface area contributed by atoms with Gasteiger partial charge in [0.1, 0.15) is 5.41 Å². The molecule has 0 aliphatic carbocycles. The molecule has 0 aromatic heterocycles. The van der Waals surface area contributed by atoms with Crippen molar-refractivity contribution in [3.8, 4) is 6.07 Å². The molecule has 3 nitrogen and oxygen atoms in total. The summed E-state index contributed by atoms with van der Waals surface area (Å²) in [6.07, 6.45) is 1.03. The van der Waals surface area contributed by atoms with Crippen molar-refractivity contribution >= 4 is 27.5 Å². The Labute approximate surface area is 116 Å². The van der Waals surface area contributed by atoms with Crippen LogP contribution in [0.1, 0.15) is 32.3 Å². The molecule has 0 heterocycles. The summed E-state index contributed by atoms with van der Waals surface area (Å²) in [5.41, 5.74) is 0.773. The summed E-state index contributed by atoms with van der Waals surface area (Å²) < 4.78 is 0.941. The Kier molecular flexibility index (Phi) is 4.92. The maximum Gasteiger partial charge on any atom is 0.244 e. The summed E-state index contributed by atoms with van der Waals surface area (Å²) in [5, 5.41) is 12.1. The van der Waals surface area contributed by atoms with Gasteiger partial charge in [-0.1, -0.05) is 35.8 Å². The van der Waals surface area contributed by atoms with Crippen molar-refractivity contribution in [2.75, 3.05) is 5.32 Å². The number of carbonyl (C=O) groups is 1. The molecule has 0 aliphatic rings. The van der Waals surface area contributed by atoms with E-state index in [0.29, 0.717) is 12.8 Å². The van der Waals surface area contributed by atoms with E-state index in [1.807, 2.05) is 39.0 Å². The smallest absolute Gasteiger partial charge is 0.244 e. The number of rotatable bonds is 4. The van der Waals surface area contributed by atoms with Gasteiger partial charge in [-0.15, -0.1) is 0 Å². The molecule has 0 spiro atoms. The highest BCUT2D eigenvalue weighted by Crippen LogP contribution is 2.29. The van der Waals surface area contributed by atoms with Gasteiger partial charge in [-0.05, 0) is 37.5 Å². The van der Waals surface area contributed by atoms with E-state index in [2.05, 4.69) is 27.3 Å². The van der Waals surface area contributed by atoms with Crippen LogP contribution in [0.2, 0.25) is 0 Å². The highest BCUT2D eigenvalue weighted by Gasteiger charge is 2.35. The molecule has 0 fully saturated rings. The first-order valence-corrected chi connectivity index (χ1v) is 6.78. The minimum atomic E-state index is -0.936. The van der Waals surface area contributed by atoms with Gasteiger partial charge < -0.3 is 5.32 Å². The molecule has 1 aromatic carbocycles. The van der Waals surface area contributed by atoms with Crippen LogP contribution in [0.15, 0.2) is 22.7 Å². The highest BCUT2D eigenvalue weighted by atomic mass is 79.9. The third-order valence-corrected chi connectivity index (χ3v) is 4.23. The first kappa shape index (κ1) is 14.7. The predicted molar refractivity (Wildman–Crippen MR) is 76.1 cm³/mol. The number of hydrogen-bond acceptors (Lipinski definition) is 2. The molecular formula is C14H17BrN2O. The Bertz CT molecular complexity index is 487. The van der Waals surface area contributed by atoms with Gasteiger partial charge in [0.2, 0.25) is 5.91 Å². The molecule has 0 saturated heterocycles. The van der Waals surface area contributed by atoms with Gasteiger partial charge in [0.05, 0.1) is 6.07 Å². The van der Waals surface area contributed by atoms with Crippen LogP contribution in [0.25, 0.3) is 0 Å². The Balaban J connectivity index is 3.01. The van der Waals surface area contributed by atoms with Gasteiger partial charge in [-0.3, -0.25) is 4.79 Å². The zero-order valence-electron chi connectivity index (χ0n) is 10.9. The number of nitrogens with one attached hydrogen (secondary N) is 1. The first-order chi connectivity index (χ1) is 8.50. The molecule has 1 amide bonds. The van der Waals surface area contributed by atoms with Crippen LogP contribution < -0.4 is 5.32 Å². The number of carbonyl (C=O) groups excluding carboxylic acids is 1. The van der Waals surface area contributed by atoms with E-state index in [-0.39, 0.29) is 5.91 Å². The molecule has 96 valence electrons. The average molecular weight is 309 g/mol.